The second-order valence-electron chi connectivity index (χ2n) is 7.35. The highest BCUT2D eigenvalue weighted by Gasteiger charge is 2.31. The molecule has 0 fully saturated rings. The van der Waals surface area contributed by atoms with Crippen LogP contribution in [0.3, 0.4) is 0 Å². The molecule has 0 saturated carbocycles. The van der Waals surface area contributed by atoms with Gasteiger partial charge >= 0.3 is 5.97 Å². The predicted octanol–water partition coefficient (Wildman–Crippen LogP) is 2.73. The van der Waals surface area contributed by atoms with Crippen molar-refractivity contribution in [3.8, 4) is 11.5 Å². The molecule has 8 heteroatoms. The van der Waals surface area contributed by atoms with E-state index in [1.54, 1.807) is 24.3 Å². The SMILES string of the molecule is C.C.CC(C)(c1ccc(O)cc1)c1ccc(O)cc1.CC(CO)(CO)C(=O)O.OCCO. The minimum atomic E-state index is -1.39. The predicted molar refractivity (Wildman–Crippen MR) is 126 cm³/mol. The summed E-state index contributed by atoms with van der Waals surface area (Å²) in [5, 5.41) is 59.0. The maximum absolute atomic E-state index is 10.2. The van der Waals surface area contributed by atoms with Crippen molar-refractivity contribution in [3.05, 3.63) is 59.7 Å². The molecular weight excluding hydrogens is 416 g/mol. The van der Waals surface area contributed by atoms with Gasteiger partial charge < -0.3 is 35.7 Å². The fourth-order valence-corrected chi connectivity index (χ4v) is 2.11. The summed E-state index contributed by atoms with van der Waals surface area (Å²) >= 11 is 0. The van der Waals surface area contributed by atoms with Crippen molar-refractivity contribution in [1.82, 2.24) is 0 Å². The van der Waals surface area contributed by atoms with Crippen LogP contribution in [0.1, 0.15) is 46.8 Å². The Morgan fingerprint density at radius 1 is 0.688 bits per heavy atom. The second-order valence-corrected chi connectivity index (χ2v) is 7.35. The molecule has 0 unspecified atom stereocenters. The first-order chi connectivity index (χ1) is 14.0. The third-order valence-corrected chi connectivity index (χ3v) is 4.49. The Bertz CT molecular complexity index is 686. The fourth-order valence-electron chi connectivity index (χ4n) is 2.11. The third-order valence-electron chi connectivity index (χ3n) is 4.49. The number of carboxylic acid groups (broad SMARTS) is 1. The van der Waals surface area contributed by atoms with E-state index in [2.05, 4.69) is 13.8 Å². The number of aliphatic hydroxyl groups is 4. The third kappa shape index (κ3) is 10.6. The summed E-state index contributed by atoms with van der Waals surface area (Å²) in [5.74, 6) is -0.641. The quantitative estimate of drug-likeness (QED) is 0.349. The van der Waals surface area contributed by atoms with Crippen LogP contribution in [0.2, 0.25) is 0 Å². The second kappa shape index (κ2) is 16.0. The number of carboxylic acids is 1. The molecule has 0 bridgehead atoms. The van der Waals surface area contributed by atoms with Gasteiger partial charge in [0.2, 0.25) is 0 Å². The first-order valence-corrected chi connectivity index (χ1v) is 9.24. The summed E-state index contributed by atoms with van der Waals surface area (Å²) in [6, 6.07) is 14.4. The van der Waals surface area contributed by atoms with Crippen LogP contribution in [0.15, 0.2) is 48.5 Å². The molecule has 8 nitrogen and oxygen atoms in total. The van der Waals surface area contributed by atoms with Gasteiger partial charge in [0.1, 0.15) is 16.9 Å². The monoisotopic (exact) mass is 456 g/mol. The van der Waals surface area contributed by atoms with E-state index in [4.69, 9.17) is 25.5 Å². The Labute approximate surface area is 191 Å². The Kier molecular flexibility index (Phi) is 17.0. The van der Waals surface area contributed by atoms with Crippen molar-refractivity contribution in [1.29, 1.82) is 0 Å². The number of phenols is 2. The average Bonchev–Trinajstić information content (AvgIpc) is 2.74. The number of phenolic OH excluding ortho intramolecular Hbond substituents is 2. The lowest BCUT2D eigenvalue weighted by molar-refractivity contribution is -0.152. The molecule has 0 heterocycles. The fraction of sp³-hybridized carbons (Fsp3) is 0.458. The highest BCUT2D eigenvalue weighted by molar-refractivity contribution is 5.74. The smallest absolute Gasteiger partial charge is 0.314 e. The molecule has 0 aliphatic rings. The molecule has 0 aromatic heterocycles. The first kappa shape index (κ1) is 34.0. The van der Waals surface area contributed by atoms with Crippen molar-refractivity contribution < 1.29 is 40.5 Å². The zero-order chi connectivity index (χ0) is 23.4. The van der Waals surface area contributed by atoms with Crippen LogP contribution in [0.4, 0.5) is 0 Å². The minimum absolute atomic E-state index is 0. The molecule has 7 N–H and O–H groups in total. The normalized spacial score (nSPS) is 10.2. The van der Waals surface area contributed by atoms with Crippen molar-refractivity contribution >= 4 is 5.97 Å². The van der Waals surface area contributed by atoms with Gasteiger partial charge in [0.05, 0.1) is 26.4 Å². The van der Waals surface area contributed by atoms with Gasteiger partial charge in [-0.1, -0.05) is 53.0 Å². The maximum atomic E-state index is 10.2. The van der Waals surface area contributed by atoms with E-state index >= 15 is 0 Å². The molecule has 0 amide bonds. The van der Waals surface area contributed by atoms with Crippen molar-refractivity contribution in [2.75, 3.05) is 26.4 Å². The van der Waals surface area contributed by atoms with Crippen LogP contribution in [0.5, 0.6) is 11.5 Å². The Balaban J connectivity index is -0.000000480. The van der Waals surface area contributed by atoms with E-state index in [1.165, 1.54) is 6.92 Å². The van der Waals surface area contributed by atoms with Gasteiger partial charge in [-0.25, -0.2) is 0 Å². The maximum Gasteiger partial charge on any atom is 0.314 e. The molecular formula is C24H40O8. The van der Waals surface area contributed by atoms with E-state index in [0.29, 0.717) is 0 Å². The summed E-state index contributed by atoms with van der Waals surface area (Å²) in [5.41, 5.74) is 0.712. The molecule has 2 aromatic carbocycles. The van der Waals surface area contributed by atoms with Crippen LogP contribution in [-0.4, -0.2) is 68.1 Å². The summed E-state index contributed by atoms with van der Waals surface area (Å²) < 4.78 is 0. The topological polar surface area (TPSA) is 159 Å². The summed E-state index contributed by atoms with van der Waals surface area (Å²) in [6.07, 6.45) is 0. The Hall–Kier alpha value is -2.65. The molecule has 0 atom stereocenters. The molecule has 0 spiro atoms. The molecule has 0 aliphatic carbocycles. The lowest BCUT2D eigenvalue weighted by Crippen LogP contribution is -2.35. The number of aliphatic carboxylic acids is 1. The van der Waals surface area contributed by atoms with Crippen LogP contribution < -0.4 is 0 Å². The first-order valence-electron chi connectivity index (χ1n) is 9.24. The van der Waals surface area contributed by atoms with Crippen molar-refractivity contribution in [2.45, 2.75) is 41.0 Å². The van der Waals surface area contributed by atoms with E-state index in [1.807, 2.05) is 24.3 Å². The lowest BCUT2D eigenvalue weighted by atomic mass is 9.78. The lowest BCUT2D eigenvalue weighted by Gasteiger charge is -2.26. The number of hydrogen-bond donors (Lipinski definition) is 7. The minimum Gasteiger partial charge on any atom is -0.508 e. The highest BCUT2D eigenvalue weighted by Crippen LogP contribution is 2.32. The van der Waals surface area contributed by atoms with E-state index in [9.17, 15) is 15.0 Å². The number of aromatic hydroxyl groups is 2. The van der Waals surface area contributed by atoms with Gasteiger partial charge in [0, 0.05) is 5.41 Å². The number of hydrogen-bond acceptors (Lipinski definition) is 7. The summed E-state index contributed by atoms with van der Waals surface area (Å²) in [6.45, 7) is 4.17. The van der Waals surface area contributed by atoms with Crippen molar-refractivity contribution in [2.24, 2.45) is 5.41 Å². The van der Waals surface area contributed by atoms with Gasteiger partial charge in [-0.15, -0.1) is 0 Å². The van der Waals surface area contributed by atoms with Crippen LogP contribution in [-0.2, 0) is 10.2 Å². The molecule has 32 heavy (non-hydrogen) atoms. The van der Waals surface area contributed by atoms with E-state index < -0.39 is 24.6 Å². The van der Waals surface area contributed by atoms with Gasteiger partial charge in [-0.2, -0.15) is 0 Å². The van der Waals surface area contributed by atoms with Gasteiger partial charge in [-0.05, 0) is 42.3 Å². The summed E-state index contributed by atoms with van der Waals surface area (Å²) in [4.78, 5) is 10.2. The van der Waals surface area contributed by atoms with Gasteiger partial charge in [0.15, 0.2) is 0 Å². The molecule has 0 saturated heterocycles. The van der Waals surface area contributed by atoms with E-state index in [-0.39, 0.29) is 45.0 Å². The number of benzene rings is 2. The number of aliphatic hydroxyl groups excluding tert-OH is 4. The van der Waals surface area contributed by atoms with Crippen LogP contribution in [0, 0.1) is 5.41 Å². The zero-order valence-corrected chi connectivity index (χ0v) is 17.5. The highest BCUT2D eigenvalue weighted by atomic mass is 16.4. The molecule has 2 aromatic rings. The molecule has 0 aliphatic heterocycles. The van der Waals surface area contributed by atoms with Crippen molar-refractivity contribution in [3.63, 3.8) is 0 Å². The van der Waals surface area contributed by atoms with Crippen LogP contribution in [0.25, 0.3) is 0 Å². The standard InChI is InChI=1S/C15H16O2.C5H10O4.C2H6O2.2CH4/c1-15(2,11-3-7-13(16)8-4-11)12-5-9-14(17)10-6-12;1-5(2-6,3-7)4(8)9;3-1-2-4;;/h3-10,16-17H,1-2H3;6-7H,2-3H2,1H3,(H,8,9);3-4H,1-2H2;2*1H4. The average molecular weight is 457 g/mol. The van der Waals surface area contributed by atoms with Crippen LogP contribution >= 0.6 is 0 Å². The Morgan fingerprint density at radius 2 is 0.969 bits per heavy atom. The number of carbonyl (C=O) groups is 1. The molecule has 0 radical (unpaired) electrons. The largest absolute Gasteiger partial charge is 0.508 e. The Morgan fingerprint density at radius 3 is 1.12 bits per heavy atom. The number of rotatable bonds is 6. The zero-order valence-electron chi connectivity index (χ0n) is 17.5. The summed E-state index contributed by atoms with van der Waals surface area (Å²) in [7, 11) is 0. The molecule has 184 valence electrons. The molecule has 2 rings (SSSR count). The van der Waals surface area contributed by atoms with E-state index in [0.717, 1.165) is 11.1 Å². The van der Waals surface area contributed by atoms with Gasteiger partial charge in [-0.3, -0.25) is 4.79 Å². The van der Waals surface area contributed by atoms with Gasteiger partial charge in [0.25, 0.3) is 0 Å².